The van der Waals surface area contributed by atoms with Crippen LogP contribution in [0.2, 0.25) is 0 Å². The molecule has 0 bridgehead atoms. The number of halogens is 2. The average molecular weight is 456 g/mol. The number of nitrogens with one attached hydrogen (secondary N) is 3. The number of amides is 2. The summed E-state index contributed by atoms with van der Waals surface area (Å²) in [6.45, 7) is 1.98. The number of thioether (sulfide) groups is 1. The Labute approximate surface area is 185 Å². The van der Waals surface area contributed by atoms with Gasteiger partial charge < -0.3 is 15.6 Å². The highest BCUT2D eigenvalue weighted by atomic mass is 32.2. The van der Waals surface area contributed by atoms with Crippen LogP contribution in [0.25, 0.3) is 0 Å². The zero-order valence-corrected chi connectivity index (χ0v) is 17.7. The number of aromatic nitrogens is 2. The van der Waals surface area contributed by atoms with E-state index in [-0.39, 0.29) is 28.6 Å². The zero-order valence-electron chi connectivity index (χ0n) is 16.9. The molecule has 2 aromatic carbocycles. The van der Waals surface area contributed by atoms with Gasteiger partial charge in [0.15, 0.2) is 5.16 Å². The molecule has 164 valence electrons. The van der Waals surface area contributed by atoms with Gasteiger partial charge >= 0.3 is 0 Å². The summed E-state index contributed by atoms with van der Waals surface area (Å²) in [6.07, 6.45) is -0.323. The Kier molecular flexibility index (Phi) is 6.04. The molecule has 7 nitrogen and oxygen atoms in total. The van der Waals surface area contributed by atoms with Crippen molar-refractivity contribution in [2.24, 2.45) is 0 Å². The molecule has 0 spiro atoms. The number of carbonyl (C=O) groups excluding carboxylic acids is 2. The number of hydrogen-bond donors (Lipinski definition) is 3. The highest BCUT2D eigenvalue weighted by Gasteiger charge is 2.35. The maximum atomic E-state index is 13.9. The highest BCUT2D eigenvalue weighted by molar-refractivity contribution is 7.98. The van der Waals surface area contributed by atoms with Gasteiger partial charge in [-0.05, 0) is 24.6 Å². The predicted molar refractivity (Wildman–Crippen MR) is 117 cm³/mol. The Morgan fingerprint density at radius 2 is 1.94 bits per heavy atom. The number of benzene rings is 2. The highest BCUT2D eigenvalue weighted by Crippen LogP contribution is 2.31. The summed E-state index contributed by atoms with van der Waals surface area (Å²) < 4.78 is 27.3. The van der Waals surface area contributed by atoms with Gasteiger partial charge in [0.05, 0.1) is 17.2 Å². The van der Waals surface area contributed by atoms with Gasteiger partial charge in [0.2, 0.25) is 11.8 Å². The van der Waals surface area contributed by atoms with Crippen molar-refractivity contribution in [3.63, 3.8) is 0 Å². The predicted octanol–water partition coefficient (Wildman–Crippen LogP) is 3.71. The van der Waals surface area contributed by atoms with Crippen LogP contribution >= 0.6 is 11.8 Å². The van der Waals surface area contributed by atoms with Crippen LogP contribution in [0.5, 0.6) is 0 Å². The van der Waals surface area contributed by atoms with Crippen molar-refractivity contribution in [3.05, 3.63) is 81.1 Å². The zero-order chi connectivity index (χ0) is 22.8. The third-order valence-electron chi connectivity index (χ3n) is 4.93. The van der Waals surface area contributed by atoms with E-state index in [4.69, 9.17) is 0 Å². The first-order valence-electron chi connectivity index (χ1n) is 9.68. The molecule has 10 heteroatoms. The number of nitrogens with zero attached hydrogens (tertiary/aromatic N) is 1. The molecule has 32 heavy (non-hydrogen) atoms. The lowest BCUT2D eigenvalue weighted by molar-refractivity contribution is -0.123. The lowest BCUT2D eigenvalue weighted by Crippen LogP contribution is -2.36. The Morgan fingerprint density at radius 1 is 1.19 bits per heavy atom. The van der Waals surface area contributed by atoms with E-state index in [0.717, 1.165) is 29.3 Å². The molecule has 0 saturated carbocycles. The molecular formula is C22H18F2N4O3S. The topological polar surface area (TPSA) is 104 Å². The number of aryl methyl sites for hydroxylation is 1. The van der Waals surface area contributed by atoms with Crippen LogP contribution in [-0.4, -0.2) is 21.8 Å². The van der Waals surface area contributed by atoms with Crippen molar-refractivity contribution >= 4 is 35.1 Å². The van der Waals surface area contributed by atoms with E-state index in [2.05, 4.69) is 20.6 Å². The fraction of sp³-hybridized carbons (Fsp3) is 0.182. The summed E-state index contributed by atoms with van der Waals surface area (Å²) in [5, 5.41) is 5.06. The first kappa shape index (κ1) is 21.7. The van der Waals surface area contributed by atoms with Crippen molar-refractivity contribution in [3.8, 4) is 0 Å². The molecule has 3 aromatic rings. The van der Waals surface area contributed by atoms with E-state index >= 15 is 0 Å². The number of anilines is 2. The van der Waals surface area contributed by atoms with Crippen molar-refractivity contribution in [2.45, 2.75) is 30.2 Å². The third-order valence-corrected chi connectivity index (χ3v) is 5.87. The Bertz CT molecular complexity index is 1260. The molecule has 1 aliphatic heterocycles. The Hall–Kier alpha value is -3.53. The molecule has 3 N–H and O–H groups in total. The number of fused-ring (bicyclic) bond motifs is 1. The molecule has 0 saturated heterocycles. The van der Waals surface area contributed by atoms with Gasteiger partial charge in [-0.3, -0.25) is 14.4 Å². The molecule has 2 heterocycles. The van der Waals surface area contributed by atoms with Crippen LogP contribution in [0.3, 0.4) is 0 Å². The van der Waals surface area contributed by atoms with Crippen LogP contribution in [0, 0.1) is 18.6 Å². The molecule has 1 aromatic heterocycles. The number of rotatable bonds is 5. The van der Waals surface area contributed by atoms with Gasteiger partial charge in [0, 0.05) is 18.2 Å². The molecule has 1 aliphatic rings. The lowest BCUT2D eigenvalue weighted by Gasteiger charge is -2.23. The fourth-order valence-electron chi connectivity index (χ4n) is 3.29. The van der Waals surface area contributed by atoms with Crippen molar-refractivity contribution in [1.29, 1.82) is 0 Å². The van der Waals surface area contributed by atoms with Gasteiger partial charge in [0.25, 0.3) is 5.56 Å². The van der Waals surface area contributed by atoms with Crippen molar-refractivity contribution in [1.82, 2.24) is 9.97 Å². The van der Waals surface area contributed by atoms with Crippen molar-refractivity contribution < 1.29 is 18.4 Å². The van der Waals surface area contributed by atoms with Gasteiger partial charge in [-0.1, -0.05) is 41.6 Å². The van der Waals surface area contributed by atoms with Crippen molar-refractivity contribution in [2.75, 3.05) is 10.6 Å². The standard InChI is InChI=1S/C22H18F2N4O3S/c1-11-2-4-12(5-3-11)10-32-22-27-19-18(21(31)28-22)14(9-17(29)26-19)20(30)25-16-8-13(23)6-7-15(16)24/h2-8,14H,9-10H2,1H3,(H,25,30)(H2,26,27,28,29,31). The van der Waals surface area contributed by atoms with Crippen LogP contribution in [0.4, 0.5) is 20.3 Å². The molecule has 4 rings (SSSR count). The minimum Gasteiger partial charge on any atom is -0.323 e. The van der Waals surface area contributed by atoms with Crippen LogP contribution in [0.15, 0.2) is 52.4 Å². The van der Waals surface area contributed by atoms with Crippen LogP contribution in [-0.2, 0) is 15.3 Å². The molecule has 0 aliphatic carbocycles. The van der Waals surface area contributed by atoms with E-state index < -0.39 is 34.9 Å². The van der Waals surface area contributed by atoms with E-state index in [1.807, 2.05) is 31.2 Å². The first-order chi connectivity index (χ1) is 15.3. The third kappa shape index (κ3) is 4.70. The largest absolute Gasteiger partial charge is 0.323 e. The maximum Gasteiger partial charge on any atom is 0.257 e. The van der Waals surface area contributed by atoms with Gasteiger partial charge in [-0.25, -0.2) is 13.8 Å². The molecule has 0 fully saturated rings. The summed E-state index contributed by atoms with van der Waals surface area (Å²) >= 11 is 1.27. The first-order valence-corrected chi connectivity index (χ1v) is 10.7. The molecular weight excluding hydrogens is 438 g/mol. The summed E-state index contributed by atoms with van der Waals surface area (Å²) in [5.41, 5.74) is 1.17. The van der Waals surface area contributed by atoms with Gasteiger partial charge in [-0.2, -0.15) is 0 Å². The maximum absolute atomic E-state index is 13.9. The van der Waals surface area contributed by atoms with E-state index in [1.165, 1.54) is 11.8 Å². The summed E-state index contributed by atoms with van der Waals surface area (Å²) in [7, 11) is 0. The van der Waals surface area contributed by atoms with Crippen LogP contribution in [0.1, 0.15) is 29.0 Å². The smallest absolute Gasteiger partial charge is 0.257 e. The monoisotopic (exact) mass is 456 g/mol. The SMILES string of the molecule is Cc1ccc(CSc2nc3c(c(=O)[nH]2)C(C(=O)Nc2cc(F)ccc2F)CC(=O)N3)cc1. The molecule has 1 atom stereocenters. The van der Waals surface area contributed by atoms with Gasteiger partial charge in [-0.15, -0.1) is 0 Å². The Balaban J connectivity index is 1.58. The number of H-pyrrole nitrogens is 1. The summed E-state index contributed by atoms with van der Waals surface area (Å²) in [4.78, 5) is 44.6. The minimum absolute atomic E-state index is 0.0173. The quantitative estimate of drug-likeness (QED) is 0.401. The second-order valence-corrected chi connectivity index (χ2v) is 8.29. The normalized spacial score (nSPS) is 15.1. The van der Waals surface area contributed by atoms with E-state index in [1.54, 1.807) is 0 Å². The number of carbonyl (C=O) groups is 2. The molecule has 0 radical (unpaired) electrons. The van der Waals surface area contributed by atoms with E-state index in [9.17, 15) is 23.2 Å². The lowest BCUT2D eigenvalue weighted by atomic mass is 9.92. The van der Waals surface area contributed by atoms with Gasteiger partial charge in [0.1, 0.15) is 17.5 Å². The fourth-order valence-corrected chi connectivity index (χ4v) is 4.11. The summed E-state index contributed by atoms with van der Waals surface area (Å²) in [5.74, 6) is -3.57. The molecule has 2 amide bonds. The Morgan fingerprint density at radius 3 is 2.69 bits per heavy atom. The number of aromatic amines is 1. The molecule has 1 unspecified atom stereocenters. The van der Waals surface area contributed by atoms with E-state index in [0.29, 0.717) is 5.75 Å². The summed E-state index contributed by atoms with van der Waals surface area (Å²) in [6, 6.07) is 10.5. The minimum atomic E-state index is -1.20. The average Bonchev–Trinajstić information content (AvgIpc) is 2.75. The van der Waals surface area contributed by atoms with Crippen LogP contribution < -0.4 is 16.2 Å². The number of hydrogen-bond acceptors (Lipinski definition) is 5. The second-order valence-electron chi connectivity index (χ2n) is 7.33. The second kappa shape index (κ2) is 8.91.